The molecule has 1 aliphatic heterocycles. The van der Waals surface area contributed by atoms with Gasteiger partial charge >= 0.3 is 18.2 Å². The summed E-state index contributed by atoms with van der Waals surface area (Å²) in [5.41, 5.74) is -1.43. The Hall–Kier alpha value is -3.65. The van der Waals surface area contributed by atoms with E-state index in [1.54, 1.807) is 6.92 Å². The van der Waals surface area contributed by atoms with Crippen molar-refractivity contribution in [2.75, 3.05) is 25.2 Å². The summed E-state index contributed by atoms with van der Waals surface area (Å²) in [6.45, 7) is 1.22. The third-order valence-electron chi connectivity index (χ3n) is 4.40. The molecule has 0 spiro atoms. The topological polar surface area (TPSA) is 114 Å². The Balaban J connectivity index is 1.94. The Kier molecular flexibility index (Phi) is 7.65. The largest absolute Gasteiger partial charge is 0.463 e. The number of aromatic nitrogens is 2. The van der Waals surface area contributed by atoms with Crippen LogP contribution in [0.1, 0.15) is 6.92 Å². The number of carbonyl (C=O) groups is 2. The van der Waals surface area contributed by atoms with Gasteiger partial charge in [-0.1, -0.05) is 11.6 Å². The standard InChI is InChI=1S/C20H17ClF4N4O6/c1-3-33-15(31)9-34-18-12(5-4-6-26-18)35-17-10(21)7-11(22)16(27-17)29-14(30)8-13(20(23,24)25)28(2)19(29)32/h4-8,14,30H,3,9H2,1-2H3. The molecule has 0 saturated heterocycles. The molecule has 15 heteroatoms. The van der Waals surface area contributed by atoms with Crippen molar-refractivity contribution in [2.24, 2.45) is 0 Å². The van der Waals surface area contributed by atoms with Crippen molar-refractivity contribution in [3.05, 3.63) is 47.0 Å². The minimum Gasteiger partial charge on any atom is -0.463 e. The summed E-state index contributed by atoms with van der Waals surface area (Å²) >= 11 is 6.00. The van der Waals surface area contributed by atoms with Gasteiger partial charge in [0, 0.05) is 19.3 Å². The highest BCUT2D eigenvalue weighted by atomic mass is 35.5. The van der Waals surface area contributed by atoms with E-state index in [4.69, 9.17) is 25.8 Å². The number of pyridine rings is 2. The lowest BCUT2D eigenvalue weighted by Crippen LogP contribution is -2.53. The SMILES string of the molecule is CCOC(=O)COc1ncccc1Oc1nc(N2C(=O)N(C)C(C(F)(F)F)=CC2O)c(F)cc1Cl. The predicted molar refractivity (Wildman–Crippen MR) is 111 cm³/mol. The molecule has 3 rings (SSSR count). The number of halogens is 5. The Morgan fingerprint density at radius 3 is 2.69 bits per heavy atom. The number of carbonyl (C=O) groups excluding carboxylic acids is 2. The summed E-state index contributed by atoms with van der Waals surface area (Å²) in [5, 5.41) is 9.79. The van der Waals surface area contributed by atoms with E-state index in [-0.39, 0.29) is 33.1 Å². The molecule has 10 nitrogen and oxygen atoms in total. The van der Waals surface area contributed by atoms with Gasteiger partial charge < -0.3 is 19.3 Å². The zero-order valence-electron chi connectivity index (χ0n) is 18.0. The van der Waals surface area contributed by atoms with Crippen molar-refractivity contribution in [2.45, 2.75) is 19.3 Å². The number of aliphatic hydroxyl groups excluding tert-OH is 1. The number of urea groups is 1. The van der Waals surface area contributed by atoms with Gasteiger partial charge in [0.15, 0.2) is 30.2 Å². The number of alkyl halides is 3. The number of amides is 2. The number of esters is 1. The van der Waals surface area contributed by atoms with E-state index in [1.165, 1.54) is 18.3 Å². The Labute approximate surface area is 200 Å². The van der Waals surface area contributed by atoms with Crippen molar-refractivity contribution in [3.63, 3.8) is 0 Å². The molecule has 1 atom stereocenters. The summed E-state index contributed by atoms with van der Waals surface area (Å²) in [6.07, 6.45) is -5.51. The summed E-state index contributed by atoms with van der Waals surface area (Å²) in [5.74, 6) is -3.56. The lowest BCUT2D eigenvalue weighted by Gasteiger charge is -2.36. The molecule has 0 radical (unpaired) electrons. The highest BCUT2D eigenvalue weighted by Gasteiger charge is 2.45. The zero-order valence-corrected chi connectivity index (χ0v) is 18.8. The van der Waals surface area contributed by atoms with Crippen molar-refractivity contribution >= 4 is 29.4 Å². The highest BCUT2D eigenvalue weighted by molar-refractivity contribution is 6.32. The van der Waals surface area contributed by atoms with Crippen LogP contribution in [0.2, 0.25) is 5.02 Å². The molecule has 0 aromatic carbocycles. The number of hydrogen-bond donors (Lipinski definition) is 1. The van der Waals surface area contributed by atoms with Crippen LogP contribution in [0, 0.1) is 5.82 Å². The van der Waals surface area contributed by atoms with Crippen LogP contribution in [-0.4, -0.2) is 64.6 Å². The molecule has 2 amide bonds. The third-order valence-corrected chi connectivity index (χ3v) is 4.67. The van der Waals surface area contributed by atoms with Crippen LogP contribution in [0.25, 0.3) is 0 Å². The first-order valence-electron chi connectivity index (χ1n) is 9.75. The monoisotopic (exact) mass is 520 g/mol. The van der Waals surface area contributed by atoms with Gasteiger partial charge in [0.05, 0.1) is 6.61 Å². The van der Waals surface area contributed by atoms with Crippen molar-refractivity contribution in [1.82, 2.24) is 14.9 Å². The van der Waals surface area contributed by atoms with Gasteiger partial charge in [-0.3, -0.25) is 4.90 Å². The van der Waals surface area contributed by atoms with Gasteiger partial charge in [-0.15, -0.1) is 0 Å². The van der Waals surface area contributed by atoms with Crippen molar-refractivity contribution in [3.8, 4) is 17.5 Å². The number of aliphatic hydroxyl groups is 1. The lowest BCUT2D eigenvalue weighted by atomic mass is 10.2. The van der Waals surface area contributed by atoms with E-state index in [2.05, 4.69) is 9.97 Å². The maximum atomic E-state index is 14.7. The Morgan fingerprint density at radius 1 is 1.31 bits per heavy atom. The molecule has 3 heterocycles. The molecule has 35 heavy (non-hydrogen) atoms. The van der Waals surface area contributed by atoms with Crippen LogP contribution in [0.15, 0.2) is 36.2 Å². The summed E-state index contributed by atoms with van der Waals surface area (Å²) in [4.78, 5) is 32.3. The number of allylic oxidation sites excluding steroid dienone is 1. The minimum atomic E-state index is -4.95. The molecule has 188 valence electrons. The minimum absolute atomic E-state index is 0.120. The van der Waals surface area contributed by atoms with Crippen LogP contribution in [0.4, 0.5) is 28.2 Å². The van der Waals surface area contributed by atoms with Gasteiger partial charge in [-0.2, -0.15) is 18.2 Å². The lowest BCUT2D eigenvalue weighted by molar-refractivity contribution is -0.145. The predicted octanol–water partition coefficient (Wildman–Crippen LogP) is 3.64. The van der Waals surface area contributed by atoms with Gasteiger partial charge in [0.1, 0.15) is 10.7 Å². The molecular weight excluding hydrogens is 504 g/mol. The van der Waals surface area contributed by atoms with E-state index < -0.39 is 54.2 Å². The first-order valence-corrected chi connectivity index (χ1v) is 10.1. The number of rotatable bonds is 7. The zero-order chi connectivity index (χ0) is 25.9. The van der Waals surface area contributed by atoms with Gasteiger partial charge in [0.25, 0.3) is 5.88 Å². The van der Waals surface area contributed by atoms with Crippen LogP contribution in [0.5, 0.6) is 17.5 Å². The highest BCUT2D eigenvalue weighted by Crippen LogP contribution is 2.38. The molecule has 0 fully saturated rings. The maximum Gasteiger partial charge on any atom is 0.431 e. The first kappa shape index (κ1) is 26.0. The van der Waals surface area contributed by atoms with Crippen LogP contribution >= 0.6 is 11.6 Å². The van der Waals surface area contributed by atoms with Gasteiger partial charge in [-0.25, -0.2) is 23.9 Å². The van der Waals surface area contributed by atoms with Gasteiger partial charge in [-0.05, 0) is 25.1 Å². The third kappa shape index (κ3) is 5.71. The molecular formula is C20H17ClF4N4O6. The van der Waals surface area contributed by atoms with Crippen molar-refractivity contribution in [1.29, 1.82) is 0 Å². The number of hydrogen-bond acceptors (Lipinski definition) is 8. The fourth-order valence-electron chi connectivity index (χ4n) is 2.88. The molecule has 1 unspecified atom stereocenters. The quantitative estimate of drug-likeness (QED) is 0.435. The average molecular weight is 521 g/mol. The number of ether oxygens (including phenoxy) is 3. The van der Waals surface area contributed by atoms with E-state index in [0.717, 1.165) is 7.05 Å². The second kappa shape index (κ2) is 10.3. The summed E-state index contributed by atoms with van der Waals surface area (Å²) in [7, 11) is 0.800. The van der Waals surface area contributed by atoms with E-state index >= 15 is 0 Å². The fraction of sp³-hybridized carbons (Fsp3) is 0.300. The average Bonchev–Trinajstić information content (AvgIpc) is 2.78. The molecule has 0 aliphatic carbocycles. The Morgan fingerprint density at radius 2 is 2.03 bits per heavy atom. The maximum absolute atomic E-state index is 14.7. The first-order chi connectivity index (χ1) is 16.4. The Bertz CT molecular complexity index is 1160. The van der Waals surface area contributed by atoms with Crippen LogP contribution < -0.4 is 14.4 Å². The van der Waals surface area contributed by atoms with Crippen LogP contribution in [-0.2, 0) is 9.53 Å². The van der Waals surface area contributed by atoms with Crippen LogP contribution in [0.3, 0.4) is 0 Å². The summed E-state index contributed by atoms with van der Waals surface area (Å²) < 4.78 is 69.6. The van der Waals surface area contributed by atoms with E-state index in [0.29, 0.717) is 12.1 Å². The number of anilines is 1. The number of nitrogens with zero attached hydrogens (tertiary/aromatic N) is 4. The fourth-order valence-corrected chi connectivity index (χ4v) is 3.06. The second-order valence-electron chi connectivity index (χ2n) is 6.76. The second-order valence-corrected chi connectivity index (χ2v) is 7.17. The van der Waals surface area contributed by atoms with Crippen molar-refractivity contribution < 1.29 is 46.5 Å². The smallest absolute Gasteiger partial charge is 0.431 e. The van der Waals surface area contributed by atoms with E-state index in [1.807, 2.05) is 0 Å². The molecule has 1 aliphatic rings. The molecule has 2 aromatic rings. The molecule has 0 bridgehead atoms. The van der Waals surface area contributed by atoms with E-state index in [9.17, 15) is 32.3 Å². The molecule has 2 aromatic heterocycles. The summed E-state index contributed by atoms with van der Waals surface area (Å²) in [6, 6.07) is 2.06. The van der Waals surface area contributed by atoms with Gasteiger partial charge in [0.2, 0.25) is 5.88 Å². The molecule has 0 saturated carbocycles. The molecule has 1 N–H and O–H groups in total. The normalized spacial score (nSPS) is 16.2.